The molecule has 0 fully saturated rings. The Morgan fingerprint density at radius 2 is 1.83 bits per heavy atom. The van der Waals surface area contributed by atoms with Gasteiger partial charge in [0.25, 0.3) is 5.56 Å². The highest BCUT2D eigenvalue weighted by Gasteiger charge is 2.08. The van der Waals surface area contributed by atoms with Crippen molar-refractivity contribution in [3.8, 4) is 34.5 Å². The number of nitriles is 1. The maximum Gasteiger partial charge on any atom is 0.404 e. The molecule has 0 unspecified atom stereocenters. The zero-order valence-corrected chi connectivity index (χ0v) is 18.5. The third kappa shape index (κ3) is 6.06. The van der Waals surface area contributed by atoms with Gasteiger partial charge in [-0.1, -0.05) is 30.3 Å². The van der Waals surface area contributed by atoms with E-state index in [2.05, 4.69) is 26.5 Å². The van der Waals surface area contributed by atoms with Crippen molar-refractivity contribution in [2.24, 2.45) is 0 Å². The number of hydrogen-bond acceptors (Lipinski definition) is 7. The molecule has 0 atom stereocenters. The number of aromatic nitrogens is 4. The summed E-state index contributed by atoms with van der Waals surface area (Å²) >= 11 is 0. The molecular formula is C25H20N6O4. The molecule has 1 amide bonds. The zero-order chi connectivity index (χ0) is 24.6. The molecule has 10 heteroatoms. The first kappa shape index (κ1) is 23.1. The van der Waals surface area contributed by atoms with Crippen LogP contribution in [-0.2, 0) is 6.54 Å². The van der Waals surface area contributed by atoms with Crippen LogP contribution in [0.4, 0.5) is 4.79 Å². The molecule has 2 aromatic carbocycles. The van der Waals surface area contributed by atoms with Crippen molar-refractivity contribution in [1.82, 2.24) is 25.1 Å². The fourth-order valence-corrected chi connectivity index (χ4v) is 3.31. The third-order valence-electron chi connectivity index (χ3n) is 4.95. The summed E-state index contributed by atoms with van der Waals surface area (Å²) in [5.41, 5.74) is 3.21. The van der Waals surface area contributed by atoms with Gasteiger partial charge in [-0.15, -0.1) is 0 Å². The van der Waals surface area contributed by atoms with Crippen molar-refractivity contribution in [1.29, 1.82) is 5.26 Å². The highest BCUT2D eigenvalue weighted by molar-refractivity contribution is 5.64. The topological polar surface area (TPSA) is 143 Å². The van der Waals surface area contributed by atoms with Crippen LogP contribution in [0.1, 0.15) is 11.1 Å². The summed E-state index contributed by atoms with van der Waals surface area (Å²) < 4.78 is 6.78. The van der Waals surface area contributed by atoms with Crippen LogP contribution in [0.15, 0.2) is 77.9 Å². The Labute approximate surface area is 200 Å². The van der Waals surface area contributed by atoms with Crippen LogP contribution in [0.3, 0.4) is 0 Å². The summed E-state index contributed by atoms with van der Waals surface area (Å²) in [5.74, 6) is 0.898. The van der Waals surface area contributed by atoms with Gasteiger partial charge in [-0.2, -0.15) is 10.4 Å². The van der Waals surface area contributed by atoms with Crippen molar-refractivity contribution in [2.45, 2.75) is 6.54 Å². The average Bonchev–Trinajstić information content (AvgIpc) is 2.88. The largest absolute Gasteiger partial charge is 0.489 e. The van der Waals surface area contributed by atoms with Gasteiger partial charge in [0.15, 0.2) is 11.6 Å². The predicted octanol–water partition coefficient (Wildman–Crippen LogP) is 2.93. The molecule has 4 aromatic rings. The maximum absolute atomic E-state index is 12.4. The highest BCUT2D eigenvalue weighted by Crippen LogP contribution is 2.20. The minimum Gasteiger partial charge on any atom is -0.489 e. The minimum absolute atomic E-state index is 0.150. The lowest BCUT2D eigenvalue weighted by Gasteiger charge is -2.09. The Kier molecular flexibility index (Phi) is 7.08. The molecule has 10 nitrogen and oxygen atoms in total. The van der Waals surface area contributed by atoms with Crippen molar-refractivity contribution in [2.75, 3.05) is 13.2 Å². The van der Waals surface area contributed by atoms with Gasteiger partial charge in [-0.25, -0.2) is 19.4 Å². The molecule has 4 rings (SSSR count). The second-order valence-electron chi connectivity index (χ2n) is 7.43. The van der Waals surface area contributed by atoms with E-state index in [4.69, 9.17) is 15.1 Å². The van der Waals surface area contributed by atoms with Gasteiger partial charge in [0.05, 0.1) is 42.8 Å². The van der Waals surface area contributed by atoms with E-state index >= 15 is 0 Å². The summed E-state index contributed by atoms with van der Waals surface area (Å²) in [6.45, 7) is 0.555. The lowest BCUT2D eigenvalue weighted by molar-refractivity contribution is 0.191. The molecule has 0 aliphatic heterocycles. The van der Waals surface area contributed by atoms with E-state index in [9.17, 15) is 9.59 Å². The molecule has 0 saturated heterocycles. The number of rotatable bonds is 8. The average molecular weight is 468 g/mol. The quantitative estimate of drug-likeness (QED) is 0.376. The van der Waals surface area contributed by atoms with Crippen LogP contribution < -0.4 is 15.6 Å². The number of carboxylic acid groups (broad SMARTS) is 1. The second-order valence-corrected chi connectivity index (χ2v) is 7.43. The molecule has 0 aliphatic rings. The summed E-state index contributed by atoms with van der Waals surface area (Å²) in [6, 6.07) is 19.7. The van der Waals surface area contributed by atoms with Crippen LogP contribution in [0.2, 0.25) is 0 Å². The molecule has 35 heavy (non-hydrogen) atoms. The van der Waals surface area contributed by atoms with Gasteiger partial charge in [0.1, 0.15) is 6.61 Å². The number of benzene rings is 2. The zero-order valence-electron chi connectivity index (χ0n) is 18.5. The van der Waals surface area contributed by atoms with Crippen LogP contribution in [0, 0.1) is 11.3 Å². The van der Waals surface area contributed by atoms with Crippen LogP contribution in [0.25, 0.3) is 22.6 Å². The fourth-order valence-electron chi connectivity index (χ4n) is 3.31. The predicted molar refractivity (Wildman–Crippen MR) is 127 cm³/mol. The van der Waals surface area contributed by atoms with E-state index < -0.39 is 6.09 Å². The molecule has 2 N–H and O–H groups in total. The number of hydrogen-bond donors (Lipinski definition) is 2. The first-order valence-electron chi connectivity index (χ1n) is 10.6. The highest BCUT2D eigenvalue weighted by atomic mass is 16.5. The van der Waals surface area contributed by atoms with Gasteiger partial charge in [0, 0.05) is 17.2 Å². The molecular weight excluding hydrogens is 448 g/mol. The maximum atomic E-state index is 12.4. The molecule has 0 aliphatic carbocycles. The molecule has 0 saturated carbocycles. The van der Waals surface area contributed by atoms with Crippen LogP contribution in [-0.4, -0.2) is 44.1 Å². The van der Waals surface area contributed by atoms with E-state index in [-0.39, 0.29) is 25.3 Å². The molecule has 174 valence electrons. The Balaban J connectivity index is 1.49. The smallest absolute Gasteiger partial charge is 0.404 e. The molecule has 2 heterocycles. The van der Waals surface area contributed by atoms with Gasteiger partial charge in [-0.3, -0.25) is 4.79 Å². The van der Waals surface area contributed by atoms with Gasteiger partial charge in [-0.05, 0) is 29.8 Å². The number of nitrogens with one attached hydrogen (secondary N) is 1. The monoisotopic (exact) mass is 468 g/mol. The Morgan fingerprint density at radius 3 is 2.60 bits per heavy atom. The van der Waals surface area contributed by atoms with Gasteiger partial charge in [0.2, 0.25) is 0 Å². The number of nitrogens with zero attached hydrogens (tertiary/aromatic N) is 5. The van der Waals surface area contributed by atoms with Crippen molar-refractivity contribution < 1.29 is 14.6 Å². The second kappa shape index (κ2) is 10.7. The van der Waals surface area contributed by atoms with Crippen molar-refractivity contribution in [3.05, 3.63) is 94.5 Å². The lowest BCUT2D eigenvalue weighted by Crippen LogP contribution is -2.26. The summed E-state index contributed by atoms with van der Waals surface area (Å²) in [4.78, 5) is 31.5. The van der Waals surface area contributed by atoms with Crippen LogP contribution >= 0.6 is 0 Å². The van der Waals surface area contributed by atoms with E-state index in [0.29, 0.717) is 22.8 Å². The minimum atomic E-state index is -1.11. The molecule has 0 bridgehead atoms. The fraction of sp³-hybridized carbons (Fsp3) is 0.120. The summed E-state index contributed by atoms with van der Waals surface area (Å²) in [7, 11) is 0. The number of carbonyl (C=O) groups is 1. The van der Waals surface area contributed by atoms with E-state index in [1.165, 1.54) is 23.1 Å². The van der Waals surface area contributed by atoms with Gasteiger partial charge >= 0.3 is 6.09 Å². The van der Waals surface area contributed by atoms with Crippen molar-refractivity contribution in [3.63, 3.8) is 0 Å². The third-order valence-corrected chi connectivity index (χ3v) is 4.95. The number of ether oxygens (including phenoxy) is 1. The Morgan fingerprint density at radius 1 is 1.06 bits per heavy atom. The Hall–Kier alpha value is -5.04. The van der Waals surface area contributed by atoms with Gasteiger partial charge < -0.3 is 15.2 Å². The van der Waals surface area contributed by atoms with E-state index in [1.807, 2.05) is 30.3 Å². The first-order chi connectivity index (χ1) is 17.0. The number of amides is 1. The molecule has 2 aromatic heterocycles. The lowest BCUT2D eigenvalue weighted by atomic mass is 10.1. The normalized spacial score (nSPS) is 10.4. The van der Waals surface area contributed by atoms with E-state index in [0.717, 1.165) is 16.7 Å². The summed E-state index contributed by atoms with van der Waals surface area (Å²) in [5, 5.41) is 24.4. The molecule has 0 radical (unpaired) electrons. The molecule has 0 spiro atoms. The summed E-state index contributed by atoms with van der Waals surface area (Å²) in [6.07, 6.45) is 1.92. The first-order valence-corrected chi connectivity index (χ1v) is 10.6. The SMILES string of the molecule is N#Cc1cccc(-c2ccc(=O)n(Cc3cccc(-c4ncc(OCCNC(=O)O)cn4)c3)n2)c1. The van der Waals surface area contributed by atoms with Crippen molar-refractivity contribution >= 4 is 6.09 Å². The van der Waals surface area contributed by atoms with E-state index in [1.54, 1.807) is 24.3 Å². The standard InChI is InChI=1S/C25H20N6O4/c26-13-17-3-1-5-19(11-17)22-7-8-23(32)31(30-22)16-18-4-2-6-20(12-18)24-28-14-21(15-29-24)35-10-9-27-25(33)34/h1-8,11-12,14-15,27H,9-10,16H2,(H,33,34). The van der Waals surface area contributed by atoms with Crippen LogP contribution in [0.5, 0.6) is 5.75 Å². The Bertz CT molecular complexity index is 1440.